The van der Waals surface area contributed by atoms with E-state index in [1.165, 1.54) is 5.56 Å². The zero-order valence-corrected chi connectivity index (χ0v) is 14.8. The standard InChI is InChI=1S/C20H26O4/c1-13(2)18-9-10-23-20(18)15(4)12-24-17-7-5-16(14(3)11-17)6-8-19(21)22/h5,7,9-11,13,15H,6,8,12H2,1-4H3,(H,21,22). The van der Waals surface area contributed by atoms with Crippen molar-refractivity contribution in [3.63, 3.8) is 0 Å². The number of carbonyl (C=O) groups is 1. The van der Waals surface area contributed by atoms with E-state index in [1.807, 2.05) is 31.2 Å². The normalized spacial score (nSPS) is 12.4. The molecule has 24 heavy (non-hydrogen) atoms. The second kappa shape index (κ2) is 8.04. The minimum atomic E-state index is -0.775. The highest BCUT2D eigenvalue weighted by Gasteiger charge is 2.17. The van der Waals surface area contributed by atoms with Crippen molar-refractivity contribution in [3.05, 3.63) is 53.0 Å². The number of carboxylic acids is 1. The lowest BCUT2D eigenvalue weighted by molar-refractivity contribution is -0.136. The summed E-state index contributed by atoms with van der Waals surface area (Å²) in [5.41, 5.74) is 3.33. The molecule has 130 valence electrons. The highest BCUT2D eigenvalue weighted by molar-refractivity contribution is 5.67. The van der Waals surface area contributed by atoms with Crippen molar-refractivity contribution in [1.82, 2.24) is 0 Å². The van der Waals surface area contributed by atoms with Crippen LogP contribution in [0, 0.1) is 6.92 Å². The molecule has 1 N–H and O–H groups in total. The van der Waals surface area contributed by atoms with Crippen LogP contribution in [0.4, 0.5) is 0 Å². The maximum atomic E-state index is 10.7. The summed E-state index contributed by atoms with van der Waals surface area (Å²) >= 11 is 0. The highest BCUT2D eigenvalue weighted by Crippen LogP contribution is 2.28. The second-order valence-corrected chi connectivity index (χ2v) is 6.59. The van der Waals surface area contributed by atoms with E-state index in [-0.39, 0.29) is 12.3 Å². The van der Waals surface area contributed by atoms with Crippen molar-refractivity contribution in [3.8, 4) is 5.75 Å². The summed E-state index contributed by atoms with van der Waals surface area (Å²) in [7, 11) is 0. The average Bonchev–Trinajstić information content (AvgIpc) is 3.01. The third-order valence-corrected chi connectivity index (χ3v) is 4.22. The first-order chi connectivity index (χ1) is 11.4. The topological polar surface area (TPSA) is 59.7 Å². The van der Waals surface area contributed by atoms with E-state index in [0.29, 0.717) is 18.9 Å². The Morgan fingerprint density at radius 2 is 2.00 bits per heavy atom. The Bertz CT molecular complexity index is 685. The molecule has 0 aliphatic carbocycles. The van der Waals surface area contributed by atoms with Gasteiger partial charge in [0.1, 0.15) is 11.5 Å². The molecule has 1 atom stereocenters. The van der Waals surface area contributed by atoms with Gasteiger partial charge in [-0.15, -0.1) is 0 Å². The largest absolute Gasteiger partial charge is 0.493 e. The summed E-state index contributed by atoms with van der Waals surface area (Å²) in [5, 5.41) is 8.78. The molecular formula is C20H26O4. The number of aliphatic carboxylic acids is 1. The van der Waals surface area contributed by atoms with Crippen LogP contribution in [0.2, 0.25) is 0 Å². The monoisotopic (exact) mass is 330 g/mol. The second-order valence-electron chi connectivity index (χ2n) is 6.59. The average molecular weight is 330 g/mol. The molecule has 0 bridgehead atoms. The Balaban J connectivity index is 1.97. The predicted octanol–water partition coefficient (Wildman–Crippen LogP) is 4.91. The lowest BCUT2D eigenvalue weighted by Gasteiger charge is -2.15. The fraction of sp³-hybridized carbons (Fsp3) is 0.450. The number of benzene rings is 1. The quantitative estimate of drug-likeness (QED) is 0.747. The summed E-state index contributed by atoms with van der Waals surface area (Å²) in [4.78, 5) is 10.7. The van der Waals surface area contributed by atoms with E-state index in [0.717, 1.165) is 22.6 Å². The molecular weight excluding hydrogens is 304 g/mol. The van der Waals surface area contributed by atoms with Gasteiger partial charge in [0.25, 0.3) is 0 Å². The zero-order valence-electron chi connectivity index (χ0n) is 14.8. The van der Waals surface area contributed by atoms with Gasteiger partial charge in [-0.3, -0.25) is 4.79 Å². The Kier molecular flexibility index (Phi) is 6.07. The summed E-state index contributed by atoms with van der Waals surface area (Å²) < 4.78 is 11.5. The van der Waals surface area contributed by atoms with E-state index >= 15 is 0 Å². The van der Waals surface area contributed by atoms with Gasteiger partial charge in [-0.05, 0) is 54.2 Å². The molecule has 0 amide bonds. The number of aryl methyl sites for hydroxylation is 2. The summed E-state index contributed by atoms with van der Waals surface area (Å²) in [6, 6.07) is 7.85. The van der Waals surface area contributed by atoms with Gasteiger partial charge >= 0.3 is 5.97 Å². The van der Waals surface area contributed by atoms with Crippen LogP contribution in [0.3, 0.4) is 0 Å². The van der Waals surface area contributed by atoms with Crippen molar-refractivity contribution in [1.29, 1.82) is 0 Å². The van der Waals surface area contributed by atoms with Gasteiger partial charge in [0.15, 0.2) is 0 Å². The van der Waals surface area contributed by atoms with Gasteiger partial charge in [-0.1, -0.05) is 26.8 Å². The smallest absolute Gasteiger partial charge is 0.303 e. The molecule has 0 aliphatic heterocycles. The third kappa shape index (κ3) is 4.63. The van der Waals surface area contributed by atoms with Gasteiger partial charge < -0.3 is 14.3 Å². The van der Waals surface area contributed by atoms with E-state index in [1.54, 1.807) is 6.26 Å². The molecule has 2 aromatic rings. The summed E-state index contributed by atoms with van der Waals surface area (Å²) in [5.74, 6) is 1.61. The van der Waals surface area contributed by atoms with Gasteiger partial charge in [-0.2, -0.15) is 0 Å². The summed E-state index contributed by atoms with van der Waals surface area (Å²) in [6.07, 6.45) is 2.43. The molecule has 0 radical (unpaired) electrons. The first-order valence-corrected chi connectivity index (χ1v) is 8.40. The number of ether oxygens (including phenoxy) is 1. The third-order valence-electron chi connectivity index (χ3n) is 4.22. The Morgan fingerprint density at radius 1 is 1.25 bits per heavy atom. The molecule has 1 aromatic carbocycles. The van der Waals surface area contributed by atoms with Crippen LogP contribution in [-0.2, 0) is 11.2 Å². The molecule has 4 heteroatoms. The molecule has 1 heterocycles. The molecule has 1 unspecified atom stereocenters. The SMILES string of the molecule is Cc1cc(OCC(C)c2occc2C(C)C)ccc1CCC(=O)O. The molecule has 0 aliphatic rings. The number of carboxylic acid groups (broad SMARTS) is 1. The van der Waals surface area contributed by atoms with Crippen molar-refractivity contribution < 1.29 is 19.1 Å². The van der Waals surface area contributed by atoms with E-state index < -0.39 is 5.97 Å². The molecule has 0 spiro atoms. The maximum Gasteiger partial charge on any atom is 0.303 e. The summed E-state index contributed by atoms with van der Waals surface area (Å²) in [6.45, 7) is 8.93. The van der Waals surface area contributed by atoms with Crippen molar-refractivity contribution >= 4 is 5.97 Å². The van der Waals surface area contributed by atoms with Gasteiger partial charge in [0, 0.05) is 12.3 Å². The number of hydrogen-bond donors (Lipinski definition) is 1. The Morgan fingerprint density at radius 3 is 2.62 bits per heavy atom. The minimum Gasteiger partial charge on any atom is -0.493 e. The first kappa shape index (κ1) is 18.1. The maximum absolute atomic E-state index is 10.7. The lowest BCUT2D eigenvalue weighted by Crippen LogP contribution is -2.09. The Labute approximate surface area is 143 Å². The van der Waals surface area contributed by atoms with Crippen molar-refractivity contribution in [2.45, 2.75) is 52.4 Å². The van der Waals surface area contributed by atoms with Crippen molar-refractivity contribution in [2.75, 3.05) is 6.61 Å². The first-order valence-electron chi connectivity index (χ1n) is 8.40. The molecule has 4 nitrogen and oxygen atoms in total. The molecule has 1 aromatic heterocycles. The zero-order chi connectivity index (χ0) is 17.7. The van der Waals surface area contributed by atoms with Crippen LogP contribution in [-0.4, -0.2) is 17.7 Å². The van der Waals surface area contributed by atoms with Gasteiger partial charge in [0.2, 0.25) is 0 Å². The highest BCUT2D eigenvalue weighted by atomic mass is 16.5. The molecule has 0 saturated carbocycles. The van der Waals surface area contributed by atoms with E-state index in [2.05, 4.69) is 20.8 Å². The molecule has 2 rings (SSSR count). The van der Waals surface area contributed by atoms with Crippen LogP contribution in [0.15, 0.2) is 34.9 Å². The number of rotatable bonds is 8. The Hall–Kier alpha value is -2.23. The molecule has 0 saturated heterocycles. The van der Waals surface area contributed by atoms with Crippen molar-refractivity contribution in [2.24, 2.45) is 0 Å². The predicted molar refractivity (Wildman–Crippen MR) is 93.8 cm³/mol. The molecule has 0 fully saturated rings. The van der Waals surface area contributed by atoms with Crippen LogP contribution in [0.25, 0.3) is 0 Å². The van der Waals surface area contributed by atoms with Crippen LogP contribution < -0.4 is 4.74 Å². The number of furan rings is 1. The van der Waals surface area contributed by atoms with Gasteiger partial charge in [0.05, 0.1) is 12.9 Å². The lowest BCUT2D eigenvalue weighted by atomic mass is 9.98. The fourth-order valence-electron chi connectivity index (χ4n) is 2.79. The fourth-order valence-corrected chi connectivity index (χ4v) is 2.79. The van der Waals surface area contributed by atoms with E-state index in [4.69, 9.17) is 14.3 Å². The van der Waals surface area contributed by atoms with E-state index in [9.17, 15) is 4.79 Å². The van der Waals surface area contributed by atoms with Crippen LogP contribution in [0.5, 0.6) is 5.75 Å². The van der Waals surface area contributed by atoms with Gasteiger partial charge in [-0.25, -0.2) is 0 Å². The van der Waals surface area contributed by atoms with Crippen LogP contribution in [0.1, 0.15) is 61.5 Å². The minimum absolute atomic E-state index is 0.147. The van der Waals surface area contributed by atoms with Crippen LogP contribution >= 0.6 is 0 Å². The number of hydrogen-bond acceptors (Lipinski definition) is 3.